The smallest absolute Gasteiger partial charge is 0.203 e. The van der Waals surface area contributed by atoms with Gasteiger partial charge in [0.05, 0.1) is 0 Å². The van der Waals surface area contributed by atoms with Crippen molar-refractivity contribution in [3.05, 3.63) is 22.3 Å². The van der Waals surface area contributed by atoms with E-state index in [-0.39, 0.29) is 11.5 Å². The lowest BCUT2D eigenvalue weighted by atomic mass is 10.1. The fourth-order valence-corrected chi connectivity index (χ4v) is 2.04. The van der Waals surface area contributed by atoms with Crippen LogP contribution in [0.4, 0.5) is 0 Å². The molecular formula is C18H28NO3. The van der Waals surface area contributed by atoms with Crippen molar-refractivity contribution < 1.29 is 9.72 Å². The number of allylic oxidation sites excluding steroid dienone is 2. The molecule has 0 bridgehead atoms. The summed E-state index contributed by atoms with van der Waals surface area (Å²) in [4.78, 5) is 19.9. The van der Waals surface area contributed by atoms with E-state index in [9.17, 15) is 14.9 Å². The number of carbonyl (C=O) groups excluding carboxylic acids is 1. The number of nitrogens with zero attached hydrogens (tertiary/aromatic N) is 1. The summed E-state index contributed by atoms with van der Waals surface area (Å²) in [6.45, 7) is 0.0751. The molecule has 0 saturated carbocycles. The summed E-state index contributed by atoms with van der Waals surface area (Å²) in [5, 5.41) is 10.1. The molecule has 4 nitrogen and oxygen atoms in total. The number of unbranched alkanes of at least 4 members (excludes halogenated alkanes) is 9. The molecule has 0 unspecified atom stereocenters. The van der Waals surface area contributed by atoms with Crippen LogP contribution in [0.25, 0.3) is 0 Å². The van der Waals surface area contributed by atoms with Gasteiger partial charge in [0.25, 0.3) is 0 Å². The van der Waals surface area contributed by atoms with Crippen LogP contribution in [0.15, 0.2) is 12.2 Å². The highest BCUT2D eigenvalue weighted by molar-refractivity contribution is 5.50. The third-order valence-electron chi connectivity index (χ3n) is 3.30. The quantitative estimate of drug-likeness (QED) is 0.155. The van der Waals surface area contributed by atoms with Crippen LogP contribution in [0.2, 0.25) is 0 Å². The van der Waals surface area contributed by atoms with Crippen molar-refractivity contribution in [3.63, 3.8) is 0 Å². The molecule has 0 aliphatic heterocycles. The number of hydrogen-bond donors (Lipinski definition) is 0. The first-order valence-corrected chi connectivity index (χ1v) is 8.35. The second-order valence-electron chi connectivity index (χ2n) is 5.35. The summed E-state index contributed by atoms with van der Waals surface area (Å²) in [7, 11) is 0. The first kappa shape index (κ1) is 20.4. The fraction of sp³-hybridized carbons (Fsp3) is 0.722. The molecule has 22 heavy (non-hydrogen) atoms. The maximum Gasteiger partial charge on any atom is 0.203 e. The lowest BCUT2D eigenvalue weighted by Gasteiger charge is -1.96. The Kier molecular flexibility index (Phi) is 16.1. The summed E-state index contributed by atoms with van der Waals surface area (Å²) < 4.78 is 0. The van der Waals surface area contributed by atoms with E-state index in [0.717, 1.165) is 44.9 Å². The standard InChI is InChI=1S/C18H28NO3/c20-18-16-14-12-10-8-6-4-2-1-3-5-7-9-11-13-15-17-19(21)22/h1-2H,3-4,6,8-17H2. The largest absolute Gasteiger partial charge is 0.291 e. The minimum atomic E-state index is -0.264. The van der Waals surface area contributed by atoms with E-state index in [1.807, 2.05) is 6.29 Å². The van der Waals surface area contributed by atoms with Crippen LogP contribution in [0, 0.1) is 22.0 Å². The first-order chi connectivity index (χ1) is 10.8. The zero-order valence-electron chi connectivity index (χ0n) is 13.5. The van der Waals surface area contributed by atoms with E-state index in [1.165, 1.54) is 19.3 Å². The SMILES string of the molecule is O=[C]CCCCCCCC=CCC#CCCCCC[N+](=O)[O-]. The van der Waals surface area contributed by atoms with Gasteiger partial charge in [0, 0.05) is 30.6 Å². The summed E-state index contributed by atoms with van der Waals surface area (Å²) in [5.41, 5.74) is 0. The van der Waals surface area contributed by atoms with Gasteiger partial charge >= 0.3 is 0 Å². The van der Waals surface area contributed by atoms with Crippen molar-refractivity contribution in [1.29, 1.82) is 0 Å². The molecule has 0 atom stereocenters. The van der Waals surface area contributed by atoms with Gasteiger partial charge in [0.1, 0.15) is 0 Å². The molecule has 0 heterocycles. The van der Waals surface area contributed by atoms with E-state index >= 15 is 0 Å². The average Bonchev–Trinajstić information content (AvgIpc) is 2.50. The van der Waals surface area contributed by atoms with Crippen molar-refractivity contribution in [1.82, 2.24) is 0 Å². The van der Waals surface area contributed by atoms with Crippen LogP contribution in [0.5, 0.6) is 0 Å². The van der Waals surface area contributed by atoms with Gasteiger partial charge in [0.15, 0.2) is 6.29 Å². The molecule has 0 aromatic heterocycles. The Balaban J connectivity index is 3.25. The van der Waals surface area contributed by atoms with E-state index in [0.29, 0.717) is 12.8 Å². The first-order valence-electron chi connectivity index (χ1n) is 8.35. The van der Waals surface area contributed by atoms with Crippen LogP contribution in [-0.2, 0) is 4.79 Å². The Labute approximate surface area is 134 Å². The topological polar surface area (TPSA) is 60.2 Å². The van der Waals surface area contributed by atoms with E-state index in [2.05, 4.69) is 24.0 Å². The molecule has 0 saturated heterocycles. The van der Waals surface area contributed by atoms with Gasteiger partial charge in [-0.1, -0.05) is 37.3 Å². The van der Waals surface area contributed by atoms with Gasteiger partial charge < -0.3 is 0 Å². The fourth-order valence-electron chi connectivity index (χ4n) is 2.04. The van der Waals surface area contributed by atoms with Crippen molar-refractivity contribution in [2.45, 2.75) is 77.0 Å². The molecule has 0 N–H and O–H groups in total. The number of rotatable bonds is 14. The highest BCUT2D eigenvalue weighted by atomic mass is 16.6. The zero-order chi connectivity index (χ0) is 16.3. The second kappa shape index (κ2) is 17.4. The minimum Gasteiger partial charge on any atom is -0.291 e. The second-order valence-corrected chi connectivity index (χ2v) is 5.35. The normalized spacial score (nSPS) is 10.4. The highest BCUT2D eigenvalue weighted by Crippen LogP contribution is 2.07. The predicted octanol–water partition coefficient (Wildman–Crippen LogP) is 4.61. The van der Waals surface area contributed by atoms with Crippen LogP contribution in [0.3, 0.4) is 0 Å². The summed E-state index contributed by atoms with van der Waals surface area (Å²) >= 11 is 0. The molecule has 0 rings (SSSR count). The Morgan fingerprint density at radius 2 is 1.50 bits per heavy atom. The molecule has 0 aromatic rings. The lowest BCUT2D eigenvalue weighted by molar-refractivity contribution is -0.480. The molecule has 0 spiro atoms. The molecule has 123 valence electrons. The number of hydrogen-bond acceptors (Lipinski definition) is 3. The Bertz CT molecular complexity index is 366. The van der Waals surface area contributed by atoms with Gasteiger partial charge in [0.2, 0.25) is 6.54 Å². The molecule has 1 radical (unpaired) electrons. The van der Waals surface area contributed by atoms with Crippen LogP contribution in [-0.4, -0.2) is 17.8 Å². The van der Waals surface area contributed by atoms with Gasteiger partial charge in [-0.05, 0) is 32.1 Å². The Morgan fingerprint density at radius 3 is 2.27 bits per heavy atom. The monoisotopic (exact) mass is 306 g/mol. The summed E-state index contributed by atoms with van der Waals surface area (Å²) in [6.07, 6.45) is 17.7. The Morgan fingerprint density at radius 1 is 0.818 bits per heavy atom. The lowest BCUT2D eigenvalue weighted by Crippen LogP contribution is -1.99. The van der Waals surface area contributed by atoms with E-state index in [1.54, 1.807) is 0 Å². The van der Waals surface area contributed by atoms with Crippen molar-refractivity contribution in [3.8, 4) is 11.8 Å². The predicted molar refractivity (Wildman–Crippen MR) is 89.9 cm³/mol. The molecule has 0 fully saturated rings. The van der Waals surface area contributed by atoms with Crippen LogP contribution < -0.4 is 0 Å². The van der Waals surface area contributed by atoms with Crippen molar-refractivity contribution in [2.24, 2.45) is 0 Å². The molecule has 0 aliphatic carbocycles. The molecule has 0 amide bonds. The van der Waals surface area contributed by atoms with Gasteiger partial charge in [-0.25, -0.2) is 0 Å². The van der Waals surface area contributed by atoms with E-state index in [4.69, 9.17) is 0 Å². The summed E-state index contributed by atoms with van der Waals surface area (Å²) in [6, 6.07) is 0. The number of nitro groups is 1. The molecule has 0 aliphatic rings. The average molecular weight is 306 g/mol. The van der Waals surface area contributed by atoms with Crippen LogP contribution in [0.1, 0.15) is 77.0 Å². The Hall–Kier alpha value is -1.63. The van der Waals surface area contributed by atoms with E-state index < -0.39 is 0 Å². The zero-order valence-corrected chi connectivity index (χ0v) is 13.5. The molecule has 0 aromatic carbocycles. The van der Waals surface area contributed by atoms with Crippen molar-refractivity contribution >= 4 is 6.29 Å². The highest BCUT2D eigenvalue weighted by Gasteiger charge is 1.95. The third-order valence-corrected chi connectivity index (χ3v) is 3.30. The van der Waals surface area contributed by atoms with Crippen molar-refractivity contribution in [2.75, 3.05) is 6.54 Å². The third kappa shape index (κ3) is 18.4. The van der Waals surface area contributed by atoms with Gasteiger partial charge in [-0.15, -0.1) is 5.92 Å². The van der Waals surface area contributed by atoms with Crippen LogP contribution >= 0.6 is 0 Å². The maximum atomic E-state index is 10.1. The molecule has 4 heteroatoms. The molecular weight excluding hydrogens is 278 g/mol. The minimum absolute atomic E-state index is 0.0751. The maximum absolute atomic E-state index is 10.1. The summed E-state index contributed by atoms with van der Waals surface area (Å²) in [5.74, 6) is 6.20. The van der Waals surface area contributed by atoms with Gasteiger partial charge in [-0.3, -0.25) is 14.9 Å². The van der Waals surface area contributed by atoms with Gasteiger partial charge in [-0.2, -0.15) is 0 Å².